The summed E-state index contributed by atoms with van der Waals surface area (Å²) in [6, 6.07) is 2.91. The van der Waals surface area contributed by atoms with Gasteiger partial charge in [-0.3, -0.25) is 0 Å². The highest BCUT2D eigenvalue weighted by Crippen LogP contribution is 2.23. The van der Waals surface area contributed by atoms with E-state index in [0.29, 0.717) is 24.0 Å². The van der Waals surface area contributed by atoms with Gasteiger partial charge in [0.1, 0.15) is 0 Å². The quantitative estimate of drug-likeness (QED) is 0.493. The predicted molar refractivity (Wildman–Crippen MR) is 91.9 cm³/mol. The summed E-state index contributed by atoms with van der Waals surface area (Å²) in [6.45, 7) is -0.153. The molecular weight excluding hydrogens is 374 g/mol. The molecule has 2 rings (SSSR count). The lowest BCUT2D eigenvalue weighted by molar-refractivity contribution is -0.148. The molecule has 0 N–H and O–H groups in total. The van der Waals surface area contributed by atoms with E-state index in [1.165, 1.54) is 12.3 Å². The first-order valence-corrected chi connectivity index (χ1v) is 9.05. The zero-order chi connectivity index (χ0) is 19.0. The van der Waals surface area contributed by atoms with Crippen molar-refractivity contribution >= 4 is 17.8 Å². The molecule has 0 bridgehead atoms. The largest absolute Gasteiger partial charge is 0.471 e. The molecule has 1 aromatic rings. The van der Waals surface area contributed by atoms with Crippen LogP contribution in [0, 0.1) is 0 Å². The maximum absolute atomic E-state index is 12.8. The molecule has 1 fully saturated rings. The van der Waals surface area contributed by atoms with Gasteiger partial charge in [0.2, 0.25) is 5.88 Å². The van der Waals surface area contributed by atoms with Gasteiger partial charge in [0.15, 0.2) is 12.9 Å². The summed E-state index contributed by atoms with van der Waals surface area (Å²) in [7, 11) is 0. The van der Waals surface area contributed by atoms with E-state index in [0.717, 1.165) is 0 Å². The minimum absolute atomic E-state index is 0.148. The zero-order valence-electron chi connectivity index (χ0n) is 14.0. The van der Waals surface area contributed by atoms with Crippen LogP contribution >= 0.6 is 11.8 Å². The third-order valence-electron chi connectivity index (χ3n) is 3.39. The predicted octanol–water partition coefficient (Wildman–Crippen LogP) is 4.03. The molecule has 0 radical (unpaired) electrons. The summed E-state index contributed by atoms with van der Waals surface area (Å²) in [5.41, 5.74) is 0.690. The van der Waals surface area contributed by atoms with Crippen LogP contribution in [-0.2, 0) is 9.47 Å². The lowest BCUT2D eigenvalue weighted by atomic mass is 10.2. The van der Waals surface area contributed by atoms with Crippen molar-refractivity contribution in [2.45, 2.75) is 23.9 Å². The molecule has 2 heterocycles. The molecule has 0 aromatic carbocycles. The Bertz CT molecular complexity index is 603. The van der Waals surface area contributed by atoms with Gasteiger partial charge in [0.25, 0.3) is 0 Å². The van der Waals surface area contributed by atoms with Crippen LogP contribution in [0.1, 0.15) is 5.56 Å². The van der Waals surface area contributed by atoms with Gasteiger partial charge >= 0.3 is 12.3 Å². The van der Waals surface area contributed by atoms with Gasteiger partial charge in [-0.25, -0.2) is 13.8 Å². The fourth-order valence-electron chi connectivity index (χ4n) is 1.88. The highest BCUT2D eigenvalue weighted by Gasteiger charge is 2.41. The minimum Gasteiger partial charge on any atom is -0.471 e. The molecular formula is C17H19F4NO3S. The van der Waals surface area contributed by atoms with Crippen molar-refractivity contribution in [1.29, 1.82) is 0 Å². The maximum atomic E-state index is 12.8. The normalized spacial score (nSPS) is 21.8. The number of hydrogen-bond acceptors (Lipinski definition) is 5. The van der Waals surface area contributed by atoms with E-state index in [1.807, 2.05) is 6.26 Å². The molecule has 1 aromatic heterocycles. The van der Waals surface area contributed by atoms with Gasteiger partial charge in [-0.2, -0.15) is 20.5 Å². The number of allylic oxidation sites excluding steroid dienone is 2. The van der Waals surface area contributed by atoms with E-state index < -0.39 is 19.0 Å². The Morgan fingerprint density at radius 3 is 2.62 bits per heavy atom. The summed E-state index contributed by atoms with van der Waals surface area (Å²) >= 11 is 1.70. The van der Waals surface area contributed by atoms with Crippen molar-refractivity contribution in [3.8, 4) is 5.88 Å². The van der Waals surface area contributed by atoms with Gasteiger partial charge in [-0.05, 0) is 24.0 Å². The second-order valence-corrected chi connectivity index (χ2v) is 6.56. The Labute approximate surface area is 153 Å². The monoisotopic (exact) mass is 393 g/mol. The molecule has 1 aliphatic rings. The van der Waals surface area contributed by atoms with E-state index >= 15 is 0 Å². The molecule has 0 spiro atoms. The fraction of sp³-hybridized carbons (Fsp3) is 0.471. The summed E-state index contributed by atoms with van der Waals surface area (Å²) in [5.74, 6) is -4.35. The lowest BCUT2D eigenvalue weighted by Gasteiger charge is -2.26. The van der Waals surface area contributed by atoms with Gasteiger partial charge < -0.3 is 14.2 Å². The highest BCUT2D eigenvalue weighted by atomic mass is 32.2. The second-order valence-electron chi connectivity index (χ2n) is 5.42. The van der Waals surface area contributed by atoms with Crippen LogP contribution in [0.15, 0.2) is 36.6 Å². The first-order valence-electron chi connectivity index (χ1n) is 7.76. The maximum Gasteiger partial charge on any atom is 0.340 e. The SMILES string of the molecule is CSC1COC(/C=C/C=C/c2ccc(OCC(F)(F)C(F)F)nc2)OC1. The van der Waals surface area contributed by atoms with E-state index in [9.17, 15) is 17.6 Å². The number of ether oxygens (including phenoxy) is 3. The van der Waals surface area contributed by atoms with E-state index in [-0.39, 0.29) is 12.2 Å². The van der Waals surface area contributed by atoms with Gasteiger partial charge in [0, 0.05) is 12.3 Å². The molecule has 0 aliphatic carbocycles. The average Bonchev–Trinajstić information content (AvgIpc) is 2.65. The van der Waals surface area contributed by atoms with Crippen LogP contribution < -0.4 is 4.74 Å². The number of aromatic nitrogens is 1. The van der Waals surface area contributed by atoms with Crippen molar-refractivity contribution in [3.05, 3.63) is 42.1 Å². The molecule has 0 unspecified atom stereocenters. The molecule has 4 nitrogen and oxygen atoms in total. The number of rotatable bonds is 8. The number of halogens is 4. The van der Waals surface area contributed by atoms with E-state index in [1.54, 1.807) is 42.1 Å². The van der Waals surface area contributed by atoms with Crippen LogP contribution in [0.25, 0.3) is 6.08 Å². The Morgan fingerprint density at radius 1 is 1.31 bits per heavy atom. The Balaban J connectivity index is 1.78. The summed E-state index contributed by atoms with van der Waals surface area (Å²) in [4.78, 5) is 3.80. The number of hydrogen-bond donors (Lipinski definition) is 0. The molecule has 1 aliphatic heterocycles. The van der Waals surface area contributed by atoms with Crippen LogP contribution in [-0.4, -0.2) is 54.9 Å². The molecule has 0 saturated carbocycles. The third-order valence-corrected chi connectivity index (χ3v) is 4.32. The Hall–Kier alpha value is -1.58. The molecule has 26 heavy (non-hydrogen) atoms. The highest BCUT2D eigenvalue weighted by molar-refractivity contribution is 7.99. The first-order chi connectivity index (χ1) is 12.4. The van der Waals surface area contributed by atoms with Crippen molar-refractivity contribution in [1.82, 2.24) is 4.98 Å². The number of alkyl halides is 4. The molecule has 0 amide bonds. The smallest absolute Gasteiger partial charge is 0.340 e. The Morgan fingerprint density at radius 2 is 2.04 bits per heavy atom. The topological polar surface area (TPSA) is 40.6 Å². The van der Waals surface area contributed by atoms with Gasteiger partial charge in [-0.1, -0.05) is 18.2 Å². The molecule has 0 atom stereocenters. The van der Waals surface area contributed by atoms with Gasteiger partial charge in [-0.15, -0.1) is 0 Å². The standard InChI is InChI=1S/C17H19F4NO3S/c1-26-13-9-23-15(24-10-13)5-3-2-4-12-6-7-14(22-8-12)25-11-17(20,21)16(18)19/h2-8,13,15-16H,9-11H2,1H3/b4-2+,5-3+. The number of thioether (sulfide) groups is 1. The number of pyridine rings is 1. The van der Waals surface area contributed by atoms with Crippen molar-refractivity contribution in [3.63, 3.8) is 0 Å². The second kappa shape index (κ2) is 9.94. The fourth-order valence-corrected chi connectivity index (χ4v) is 2.31. The summed E-state index contributed by atoms with van der Waals surface area (Å²) in [6.07, 6.45) is 6.24. The van der Waals surface area contributed by atoms with Crippen LogP contribution in [0.5, 0.6) is 5.88 Å². The molecule has 144 valence electrons. The zero-order valence-corrected chi connectivity index (χ0v) is 14.8. The summed E-state index contributed by atoms with van der Waals surface area (Å²) < 4.78 is 65.2. The lowest BCUT2D eigenvalue weighted by Crippen LogP contribution is -2.33. The van der Waals surface area contributed by atoms with Crippen molar-refractivity contribution < 1.29 is 31.8 Å². The average molecular weight is 393 g/mol. The molecule has 1 saturated heterocycles. The van der Waals surface area contributed by atoms with Crippen molar-refractivity contribution in [2.75, 3.05) is 26.1 Å². The van der Waals surface area contributed by atoms with E-state index in [4.69, 9.17) is 9.47 Å². The van der Waals surface area contributed by atoms with Gasteiger partial charge in [0.05, 0.1) is 18.5 Å². The third kappa shape index (κ3) is 6.62. The van der Waals surface area contributed by atoms with Crippen LogP contribution in [0.2, 0.25) is 0 Å². The minimum atomic E-state index is -4.20. The van der Waals surface area contributed by atoms with Crippen LogP contribution in [0.4, 0.5) is 17.6 Å². The number of nitrogens with zero attached hydrogens (tertiary/aromatic N) is 1. The van der Waals surface area contributed by atoms with Crippen LogP contribution in [0.3, 0.4) is 0 Å². The Kier molecular flexibility index (Phi) is 7.92. The summed E-state index contributed by atoms with van der Waals surface area (Å²) in [5, 5.41) is 0.350. The van der Waals surface area contributed by atoms with E-state index in [2.05, 4.69) is 9.72 Å². The first kappa shape index (κ1) is 20.7. The molecule has 9 heteroatoms. The van der Waals surface area contributed by atoms with Crippen molar-refractivity contribution in [2.24, 2.45) is 0 Å².